The molecule has 0 aliphatic carbocycles. The van der Waals surface area contributed by atoms with Crippen molar-refractivity contribution >= 4 is 11.7 Å². The van der Waals surface area contributed by atoms with Crippen LogP contribution in [0.5, 0.6) is 0 Å². The highest BCUT2D eigenvalue weighted by atomic mass is 16.5. The number of nitrogens with one attached hydrogen (secondary N) is 1. The lowest BCUT2D eigenvalue weighted by atomic mass is 10.1. The zero-order valence-electron chi connectivity index (χ0n) is 10.7. The van der Waals surface area contributed by atoms with Gasteiger partial charge in [0.1, 0.15) is 0 Å². The third kappa shape index (κ3) is 5.38. The Morgan fingerprint density at radius 2 is 2.00 bits per heavy atom. The van der Waals surface area contributed by atoms with Gasteiger partial charge in [0.15, 0.2) is 0 Å². The number of unbranched alkanes of at least 4 members (excludes halogenated alkanes) is 1. The number of ether oxygens (including phenoxy) is 1. The maximum atomic E-state index is 10.9. The maximum absolute atomic E-state index is 10.9. The van der Waals surface area contributed by atoms with Crippen LogP contribution in [0.3, 0.4) is 0 Å². The first-order chi connectivity index (χ1) is 8.26. The van der Waals surface area contributed by atoms with Gasteiger partial charge in [0.05, 0.1) is 13.5 Å². The van der Waals surface area contributed by atoms with Gasteiger partial charge in [-0.2, -0.15) is 0 Å². The Balaban J connectivity index is 2.32. The molecule has 0 saturated heterocycles. The molecule has 0 spiro atoms. The van der Waals surface area contributed by atoms with Gasteiger partial charge < -0.3 is 10.1 Å². The van der Waals surface area contributed by atoms with E-state index in [4.69, 9.17) is 0 Å². The van der Waals surface area contributed by atoms with Gasteiger partial charge in [-0.3, -0.25) is 4.79 Å². The van der Waals surface area contributed by atoms with E-state index >= 15 is 0 Å². The smallest absolute Gasteiger partial charge is 0.307 e. The van der Waals surface area contributed by atoms with Crippen LogP contribution in [-0.2, 0) is 16.0 Å². The van der Waals surface area contributed by atoms with Crippen molar-refractivity contribution < 1.29 is 9.53 Å². The van der Waals surface area contributed by atoms with Gasteiger partial charge in [-0.05, 0) is 30.5 Å². The summed E-state index contributed by atoms with van der Waals surface area (Å²) < 4.78 is 4.57. The minimum Gasteiger partial charge on any atom is -0.469 e. The van der Waals surface area contributed by atoms with Gasteiger partial charge in [-0.25, -0.2) is 0 Å². The second-order valence-electron chi connectivity index (χ2n) is 4.05. The zero-order valence-corrected chi connectivity index (χ0v) is 10.7. The number of esters is 1. The van der Waals surface area contributed by atoms with Crippen molar-refractivity contribution in [2.45, 2.75) is 32.6 Å². The van der Waals surface area contributed by atoms with Crippen LogP contribution in [0.25, 0.3) is 0 Å². The van der Waals surface area contributed by atoms with Crippen molar-refractivity contribution in [3.8, 4) is 0 Å². The van der Waals surface area contributed by atoms with E-state index in [1.165, 1.54) is 25.5 Å². The van der Waals surface area contributed by atoms with Crippen LogP contribution >= 0.6 is 0 Å². The molecule has 3 nitrogen and oxygen atoms in total. The van der Waals surface area contributed by atoms with Crippen molar-refractivity contribution in [2.75, 3.05) is 19.0 Å². The third-order valence-electron chi connectivity index (χ3n) is 2.66. The summed E-state index contributed by atoms with van der Waals surface area (Å²) in [7, 11) is 1.41. The van der Waals surface area contributed by atoms with Crippen molar-refractivity contribution in [2.24, 2.45) is 0 Å². The fraction of sp³-hybridized carbons (Fsp3) is 0.500. The normalized spacial score (nSPS) is 10.0. The summed E-state index contributed by atoms with van der Waals surface area (Å²) in [6.07, 6.45) is 3.99. The first-order valence-corrected chi connectivity index (χ1v) is 6.16. The van der Waals surface area contributed by atoms with Gasteiger partial charge in [0.25, 0.3) is 0 Å². The molecule has 0 atom stereocenters. The van der Waals surface area contributed by atoms with Crippen LogP contribution in [0, 0.1) is 0 Å². The Kier molecular flexibility index (Phi) is 6.15. The summed E-state index contributed by atoms with van der Waals surface area (Å²) in [6, 6.07) is 8.39. The van der Waals surface area contributed by atoms with Gasteiger partial charge in [-0.15, -0.1) is 0 Å². The predicted molar refractivity (Wildman–Crippen MR) is 70.2 cm³/mol. The highest BCUT2D eigenvalue weighted by molar-refractivity contribution is 5.69. The minimum atomic E-state index is -0.183. The number of anilines is 1. The Morgan fingerprint density at radius 3 is 2.59 bits per heavy atom. The molecule has 3 heteroatoms. The van der Waals surface area contributed by atoms with Gasteiger partial charge >= 0.3 is 5.97 Å². The van der Waals surface area contributed by atoms with Crippen LogP contribution in [-0.4, -0.2) is 19.6 Å². The minimum absolute atomic E-state index is 0.183. The Hall–Kier alpha value is -1.51. The molecule has 0 aliphatic rings. The van der Waals surface area contributed by atoms with Crippen LogP contribution in [0.15, 0.2) is 24.3 Å². The largest absolute Gasteiger partial charge is 0.469 e. The fourth-order valence-electron chi connectivity index (χ4n) is 1.58. The summed E-state index contributed by atoms with van der Waals surface area (Å²) in [5.74, 6) is -0.183. The molecule has 0 heterocycles. The second-order valence-corrected chi connectivity index (χ2v) is 4.05. The molecule has 94 valence electrons. The van der Waals surface area contributed by atoms with E-state index < -0.39 is 0 Å². The summed E-state index contributed by atoms with van der Waals surface area (Å²) in [5.41, 5.74) is 2.42. The molecule has 0 unspecified atom stereocenters. The molecule has 1 rings (SSSR count). The summed E-state index contributed by atoms with van der Waals surface area (Å²) in [5, 5.41) is 3.19. The number of hydrogen-bond donors (Lipinski definition) is 1. The average molecular weight is 235 g/mol. The van der Waals surface area contributed by atoms with Crippen molar-refractivity contribution in [3.63, 3.8) is 0 Å². The molecule has 0 radical (unpaired) electrons. The molecular formula is C14H21NO2. The zero-order chi connectivity index (χ0) is 12.5. The number of carbonyl (C=O) groups excluding carboxylic acids is 1. The number of rotatable bonds is 7. The molecule has 0 amide bonds. The summed E-state index contributed by atoms with van der Waals surface area (Å²) >= 11 is 0. The van der Waals surface area contributed by atoms with E-state index in [0.717, 1.165) is 12.1 Å². The molecule has 1 N–H and O–H groups in total. The van der Waals surface area contributed by atoms with E-state index in [1.54, 1.807) is 0 Å². The molecule has 0 aromatic heterocycles. The van der Waals surface area contributed by atoms with E-state index in [2.05, 4.69) is 41.2 Å². The van der Waals surface area contributed by atoms with Crippen molar-refractivity contribution in [1.82, 2.24) is 0 Å². The molecule has 0 aliphatic heterocycles. The summed E-state index contributed by atoms with van der Waals surface area (Å²) in [4.78, 5) is 10.9. The molecule has 0 bridgehead atoms. The highest BCUT2D eigenvalue weighted by Gasteiger charge is 1.99. The Labute approximate surface area is 103 Å². The van der Waals surface area contributed by atoms with Gasteiger partial charge in [0.2, 0.25) is 0 Å². The molecule has 1 aromatic carbocycles. The number of benzene rings is 1. The highest BCUT2D eigenvalue weighted by Crippen LogP contribution is 2.11. The molecule has 0 fully saturated rings. The fourth-order valence-corrected chi connectivity index (χ4v) is 1.58. The van der Waals surface area contributed by atoms with Gasteiger partial charge in [-0.1, -0.05) is 25.5 Å². The second kappa shape index (κ2) is 7.71. The van der Waals surface area contributed by atoms with E-state index in [9.17, 15) is 4.79 Å². The molecule has 1 aromatic rings. The Bertz CT molecular complexity index is 333. The topological polar surface area (TPSA) is 38.3 Å². The lowest BCUT2D eigenvalue weighted by molar-refractivity contribution is -0.140. The van der Waals surface area contributed by atoms with E-state index in [1.807, 2.05) is 0 Å². The van der Waals surface area contributed by atoms with Crippen LogP contribution in [0.2, 0.25) is 0 Å². The predicted octanol–water partition coefficient (Wildman–Crippen LogP) is 3.00. The standard InChI is InChI=1S/C14H21NO2/c1-3-4-5-12-6-8-13(9-7-12)15-11-10-14(16)17-2/h6-9,15H,3-5,10-11H2,1-2H3. The molecular weight excluding hydrogens is 214 g/mol. The van der Waals surface area contributed by atoms with Crippen LogP contribution < -0.4 is 5.32 Å². The molecule has 0 saturated carbocycles. The summed E-state index contributed by atoms with van der Waals surface area (Å²) in [6.45, 7) is 2.81. The first kappa shape index (κ1) is 13.6. The van der Waals surface area contributed by atoms with Crippen LogP contribution in [0.1, 0.15) is 31.7 Å². The van der Waals surface area contributed by atoms with E-state index in [0.29, 0.717) is 13.0 Å². The van der Waals surface area contributed by atoms with Crippen molar-refractivity contribution in [3.05, 3.63) is 29.8 Å². The molecule has 17 heavy (non-hydrogen) atoms. The number of aryl methyl sites for hydroxylation is 1. The lowest BCUT2D eigenvalue weighted by Crippen LogP contribution is -2.09. The number of methoxy groups -OCH3 is 1. The lowest BCUT2D eigenvalue weighted by Gasteiger charge is -2.06. The monoisotopic (exact) mass is 235 g/mol. The third-order valence-corrected chi connectivity index (χ3v) is 2.66. The quantitative estimate of drug-likeness (QED) is 0.738. The number of hydrogen-bond acceptors (Lipinski definition) is 3. The van der Waals surface area contributed by atoms with Crippen molar-refractivity contribution in [1.29, 1.82) is 0 Å². The number of carbonyl (C=O) groups is 1. The average Bonchev–Trinajstić information content (AvgIpc) is 2.37. The SMILES string of the molecule is CCCCc1ccc(NCCC(=O)OC)cc1. The maximum Gasteiger partial charge on any atom is 0.307 e. The van der Waals surface area contributed by atoms with E-state index in [-0.39, 0.29) is 5.97 Å². The van der Waals surface area contributed by atoms with Gasteiger partial charge in [0, 0.05) is 12.2 Å². The Morgan fingerprint density at radius 1 is 1.29 bits per heavy atom. The first-order valence-electron chi connectivity index (χ1n) is 6.16. The van der Waals surface area contributed by atoms with Crippen LogP contribution in [0.4, 0.5) is 5.69 Å².